The van der Waals surface area contributed by atoms with E-state index in [4.69, 9.17) is 4.74 Å². The molecule has 2 aliphatic heterocycles. The van der Waals surface area contributed by atoms with Crippen molar-refractivity contribution < 1.29 is 17.9 Å². The van der Waals surface area contributed by atoms with Crippen LogP contribution in [0.25, 0.3) is 0 Å². The summed E-state index contributed by atoms with van der Waals surface area (Å²) in [6.07, 6.45) is 2.20. The Hall–Kier alpha value is -1.60. The van der Waals surface area contributed by atoms with Crippen LogP contribution in [0.3, 0.4) is 0 Å². The molecule has 0 aromatic heterocycles. The van der Waals surface area contributed by atoms with Gasteiger partial charge >= 0.3 is 0 Å². The maximum Gasteiger partial charge on any atom is 0.265 e. The highest BCUT2D eigenvalue weighted by Crippen LogP contribution is 2.35. The summed E-state index contributed by atoms with van der Waals surface area (Å²) < 4.78 is 33.1. The Balaban J connectivity index is 1.98. The SMILES string of the molecule is CC1Oc2ccc(S(=O)(=O)N3C(C)CCCC3C)cc2NC1=O. The van der Waals surface area contributed by atoms with Crippen molar-refractivity contribution in [2.45, 2.75) is 63.1 Å². The molecule has 0 bridgehead atoms. The third kappa shape index (κ3) is 2.83. The quantitative estimate of drug-likeness (QED) is 0.898. The molecule has 1 fully saturated rings. The highest BCUT2D eigenvalue weighted by Gasteiger charge is 2.36. The van der Waals surface area contributed by atoms with Gasteiger partial charge in [0.15, 0.2) is 6.10 Å². The van der Waals surface area contributed by atoms with Crippen LogP contribution < -0.4 is 10.1 Å². The first-order valence-corrected chi connectivity index (χ1v) is 9.40. The van der Waals surface area contributed by atoms with E-state index < -0.39 is 16.1 Å². The first-order chi connectivity index (χ1) is 10.8. The first-order valence-electron chi connectivity index (χ1n) is 7.96. The van der Waals surface area contributed by atoms with E-state index in [1.165, 1.54) is 6.07 Å². The molecule has 0 aliphatic carbocycles. The molecule has 23 heavy (non-hydrogen) atoms. The summed E-state index contributed by atoms with van der Waals surface area (Å²) in [6.45, 7) is 5.54. The monoisotopic (exact) mass is 338 g/mol. The molecule has 1 amide bonds. The number of nitrogens with zero attached hydrogens (tertiary/aromatic N) is 1. The summed E-state index contributed by atoms with van der Waals surface area (Å²) in [5, 5.41) is 2.70. The Morgan fingerprint density at radius 3 is 2.48 bits per heavy atom. The molecule has 1 saturated heterocycles. The molecular formula is C16H22N2O4S. The van der Waals surface area contributed by atoms with Gasteiger partial charge in [-0.3, -0.25) is 4.79 Å². The van der Waals surface area contributed by atoms with Crippen molar-refractivity contribution in [2.24, 2.45) is 0 Å². The minimum Gasteiger partial charge on any atom is -0.479 e. The lowest BCUT2D eigenvalue weighted by Crippen LogP contribution is -2.47. The number of nitrogens with one attached hydrogen (secondary N) is 1. The van der Waals surface area contributed by atoms with Gasteiger partial charge in [-0.1, -0.05) is 6.42 Å². The number of sulfonamides is 1. The van der Waals surface area contributed by atoms with Crippen molar-refractivity contribution in [1.29, 1.82) is 0 Å². The fraction of sp³-hybridized carbons (Fsp3) is 0.562. The Bertz CT molecular complexity index is 722. The van der Waals surface area contributed by atoms with Gasteiger partial charge in [0, 0.05) is 12.1 Å². The van der Waals surface area contributed by atoms with E-state index in [1.807, 2.05) is 13.8 Å². The third-order valence-electron chi connectivity index (χ3n) is 4.57. The molecule has 2 heterocycles. The minimum atomic E-state index is -3.60. The van der Waals surface area contributed by atoms with E-state index in [9.17, 15) is 13.2 Å². The van der Waals surface area contributed by atoms with E-state index in [0.717, 1.165) is 19.3 Å². The van der Waals surface area contributed by atoms with Gasteiger partial charge in [-0.05, 0) is 51.8 Å². The van der Waals surface area contributed by atoms with E-state index >= 15 is 0 Å². The zero-order valence-corrected chi connectivity index (χ0v) is 14.4. The molecule has 0 saturated carbocycles. The lowest BCUT2D eigenvalue weighted by atomic mass is 10.0. The number of piperidine rings is 1. The normalized spacial score (nSPS) is 28.7. The molecule has 0 radical (unpaired) electrons. The van der Waals surface area contributed by atoms with Crippen LogP contribution in [0.15, 0.2) is 23.1 Å². The highest BCUT2D eigenvalue weighted by molar-refractivity contribution is 7.89. The highest BCUT2D eigenvalue weighted by atomic mass is 32.2. The number of benzene rings is 1. The van der Waals surface area contributed by atoms with Crippen LogP contribution in [0.2, 0.25) is 0 Å². The molecule has 1 aromatic rings. The Morgan fingerprint density at radius 1 is 1.17 bits per heavy atom. The molecule has 6 nitrogen and oxygen atoms in total. The van der Waals surface area contributed by atoms with Crippen LogP contribution in [-0.4, -0.2) is 36.8 Å². The fourth-order valence-corrected chi connectivity index (χ4v) is 5.25. The Kier molecular flexibility index (Phi) is 4.10. The number of hydrogen-bond acceptors (Lipinski definition) is 4. The summed E-state index contributed by atoms with van der Waals surface area (Å²) in [5.74, 6) is 0.225. The van der Waals surface area contributed by atoms with Gasteiger partial charge in [-0.15, -0.1) is 0 Å². The number of rotatable bonds is 2. The van der Waals surface area contributed by atoms with Gasteiger partial charge < -0.3 is 10.1 Å². The molecule has 1 aromatic carbocycles. The van der Waals surface area contributed by atoms with E-state index in [1.54, 1.807) is 23.4 Å². The van der Waals surface area contributed by atoms with E-state index in [-0.39, 0.29) is 22.9 Å². The number of carbonyl (C=O) groups is 1. The van der Waals surface area contributed by atoms with Crippen molar-refractivity contribution in [3.8, 4) is 5.75 Å². The summed E-state index contributed by atoms with van der Waals surface area (Å²) >= 11 is 0. The van der Waals surface area contributed by atoms with Gasteiger partial charge in [0.1, 0.15) is 5.75 Å². The average Bonchev–Trinajstić information content (AvgIpc) is 2.47. The summed E-state index contributed by atoms with van der Waals surface area (Å²) in [5.41, 5.74) is 0.409. The van der Waals surface area contributed by atoms with Crippen LogP contribution >= 0.6 is 0 Å². The summed E-state index contributed by atoms with van der Waals surface area (Å²) in [6, 6.07) is 4.60. The minimum absolute atomic E-state index is 0.0226. The summed E-state index contributed by atoms with van der Waals surface area (Å²) in [7, 11) is -3.60. The number of anilines is 1. The predicted molar refractivity (Wildman–Crippen MR) is 87.0 cm³/mol. The number of amides is 1. The van der Waals surface area contributed by atoms with Gasteiger partial charge in [-0.25, -0.2) is 8.42 Å². The molecule has 126 valence electrons. The molecule has 3 rings (SSSR count). The van der Waals surface area contributed by atoms with Crippen molar-refractivity contribution in [2.75, 3.05) is 5.32 Å². The first kappa shape index (κ1) is 16.3. The van der Waals surface area contributed by atoms with Crippen molar-refractivity contribution in [1.82, 2.24) is 4.31 Å². The third-order valence-corrected chi connectivity index (χ3v) is 6.69. The summed E-state index contributed by atoms with van der Waals surface area (Å²) in [4.78, 5) is 11.9. The molecule has 3 atom stereocenters. The maximum atomic E-state index is 13.0. The largest absolute Gasteiger partial charge is 0.479 e. The van der Waals surface area contributed by atoms with Gasteiger partial charge in [-0.2, -0.15) is 4.31 Å². The van der Waals surface area contributed by atoms with Crippen LogP contribution in [0.4, 0.5) is 5.69 Å². The number of ether oxygens (including phenoxy) is 1. The van der Waals surface area contributed by atoms with Crippen molar-refractivity contribution >= 4 is 21.6 Å². The number of fused-ring (bicyclic) bond motifs is 1. The lowest BCUT2D eigenvalue weighted by molar-refractivity contribution is -0.122. The molecule has 2 aliphatic rings. The van der Waals surface area contributed by atoms with E-state index in [2.05, 4.69) is 5.32 Å². The van der Waals surface area contributed by atoms with Gasteiger partial charge in [0.2, 0.25) is 10.0 Å². The number of carbonyl (C=O) groups excluding carboxylic acids is 1. The topological polar surface area (TPSA) is 75.7 Å². The maximum absolute atomic E-state index is 13.0. The van der Waals surface area contributed by atoms with Gasteiger partial charge in [0.05, 0.1) is 10.6 Å². The Morgan fingerprint density at radius 2 is 1.83 bits per heavy atom. The van der Waals surface area contributed by atoms with Crippen molar-refractivity contribution in [3.05, 3.63) is 18.2 Å². The van der Waals surface area contributed by atoms with Gasteiger partial charge in [0.25, 0.3) is 5.91 Å². The smallest absolute Gasteiger partial charge is 0.265 e. The predicted octanol–water partition coefficient (Wildman–Crippen LogP) is 2.36. The molecule has 0 spiro atoms. The second kappa shape index (κ2) is 5.79. The average molecular weight is 338 g/mol. The zero-order valence-electron chi connectivity index (χ0n) is 13.6. The van der Waals surface area contributed by atoms with E-state index in [0.29, 0.717) is 11.4 Å². The standard InChI is InChI=1S/C16H22N2O4S/c1-10-5-4-6-11(2)18(10)23(20,21)13-7-8-15-14(9-13)17-16(19)12(3)22-15/h7-12H,4-6H2,1-3H3,(H,17,19). The molecule has 7 heteroatoms. The van der Waals surface area contributed by atoms with Crippen LogP contribution in [0.1, 0.15) is 40.0 Å². The second-order valence-electron chi connectivity index (χ2n) is 6.37. The fourth-order valence-electron chi connectivity index (χ4n) is 3.34. The molecular weight excluding hydrogens is 316 g/mol. The van der Waals surface area contributed by atoms with Crippen LogP contribution in [0, 0.1) is 0 Å². The number of hydrogen-bond donors (Lipinski definition) is 1. The van der Waals surface area contributed by atoms with Crippen LogP contribution in [-0.2, 0) is 14.8 Å². The lowest BCUT2D eigenvalue weighted by Gasteiger charge is -2.37. The van der Waals surface area contributed by atoms with Crippen LogP contribution in [0.5, 0.6) is 5.75 Å². The zero-order chi connectivity index (χ0) is 16.8. The Labute approximate surface area is 136 Å². The molecule has 3 unspecified atom stereocenters. The second-order valence-corrected chi connectivity index (χ2v) is 8.21. The molecule has 1 N–H and O–H groups in total. The van der Waals surface area contributed by atoms with Crippen molar-refractivity contribution in [3.63, 3.8) is 0 Å².